The van der Waals surface area contributed by atoms with Crippen molar-refractivity contribution in [3.05, 3.63) is 16.6 Å². The third kappa shape index (κ3) is 1.48. The molecule has 2 heterocycles. The molecule has 0 aliphatic carbocycles. The van der Waals surface area contributed by atoms with Crippen molar-refractivity contribution < 1.29 is 0 Å². The zero-order valence-electron chi connectivity index (χ0n) is 8.21. The highest BCUT2D eigenvalue weighted by atomic mass is 16.1. The Morgan fingerprint density at radius 3 is 3.13 bits per heavy atom. The van der Waals surface area contributed by atoms with Gasteiger partial charge in [0.05, 0.1) is 12.7 Å². The van der Waals surface area contributed by atoms with Gasteiger partial charge >= 0.3 is 0 Å². The smallest absolute Gasteiger partial charge is 0.267 e. The zero-order valence-corrected chi connectivity index (χ0v) is 8.21. The number of terminal acetylenes is 1. The number of nitrogens with zero attached hydrogens (tertiary/aromatic N) is 5. The summed E-state index contributed by atoms with van der Waals surface area (Å²) in [4.78, 5) is 11.8. The van der Waals surface area contributed by atoms with Gasteiger partial charge in [0.25, 0.3) is 5.56 Å². The molecule has 0 N–H and O–H groups in total. The Bertz CT molecular complexity index is 589. The number of fused-ring (bicyclic) bond motifs is 1. The van der Waals surface area contributed by atoms with Crippen LogP contribution in [0, 0.1) is 12.3 Å². The first-order chi connectivity index (χ1) is 7.24. The van der Waals surface area contributed by atoms with Gasteiger partial charge in [-0.05, 0) is 0 Å². The van der Waals surface area contributed by atoms with Crippen molar-refractivity contribution in [2.45, 2.75) is 13.0 Å². The van der Waals surface area contributed by atoms with Crippen LogP contribution >= 0.6 is 0 Å². The highest BCUT2D eigenvalue weighted by molar-refractivity contribution is 5.72. The summed E-state index contributed by atoms with van der Waals surface area (Å²) in [5.74, 6) is 2.45. The average Bonchev–Trinajstić information content (AvgIpc) is 2.61. The molecule has 0 saturated carbocycles. The predicted molar refractivity (Wildman–Crippen MR) is 54.0 cm³/mol. The van der Waals surface area contributed by atoms with E-state index in [4.69, 9.17) is 6.42 Å². The van der Waals surface area contributed by atoms with Crippen LogP contribution in [-0.2, 0) is 13.6 Å². The van der Waals surface area contributed by atoms with Gasteiger partial charge in [0.15, 0.2) is 5.65 Å². The fourth-order valence-corrected chi connectivity index (χ4v) is 1.29. The van der Waals surface area contributed by atoms with Crippen LogP contribution in [-0.4, -0.2) is 24.8 Å². The Kier molecular flexibility index (Phi) is 2.21. The molecule has 0 unspecified atom stereocenters. The van der Waals surface area contributed by atoms with Gasteiger partial charge in [0.1, 0.15) is 5.39 Å². The Balaban J connectivity index is 2.57. The van der Waals surface area contributed by atoms with Gasteiger partial charge in [0.2, 0.25) is 0 Å². The molecule has 0 saturated heterocycles. The first-order valence-electron chi connectivity index (χ1n) is 4.43. The second-order valence-electron chi connectivity index (χ2n) is 3.08. The van der Waals surface area contributed by atoms with Crippen molar-refractivity contribution >= 4 is 11.0 Å². The van der Waals surface area contributed by atoms with Crippen molar-refractivity contribution in [2.24, 2.45) is 7.05 Å². The minimum atomic E-state index is -0.205. The number of aromatic nitrogens is 5. The van der Waals surface area contributed by atoms with E-state index in [1.165, 1.54) is 15.6 Å². The van der Waals surface area contributed by atoms with Crippen molar-refractivity contribution in [1.82, 2.24) is 24.8 Å². The molecule has 76 valence electrons. The summed E-state index contributed by atoms with van der Waals surface area (Å²) in [7, 11) is 1.71. The zero-order chi connectivity index (χ0) is 10.8. The average molecular weight is 203 g/mol. The third-order valence-corrected chi connectivity index (χ3v) is 2.09. The maximum Gasteiger partial charge on any atom is 0.280 e. The molecule has 0 radical (unpaired) electrons. The van der Waals surface area contributed by atoms with Crippen LogP contribution in [0.15, 0.2) is 11.0 Å². The van der Waals surface area contributed by atoms with Gasteiger partial charge in [0, 0.05) is 13.5 Å². The Morgan fingerprint density at radius 1 is 1.60 bits per heavy atom. The fraction of sp³-hybridized carbons (Fsp3) is 0.333. The summed E-state index contributed by atoms with van der Waals surface area (Å²) in [5.41, 5.74) is 0.278. The van der Waals surface area contributed by atoms with Gasteiger partial charge in [-0.1, -0.05) is 5.21 Å². The number of aryl methyl sites for hydroxylation is 2. The molecular formula is C9H9N5O. The van der Waals surface area contributed by atoms with Crippen molar-refractivity contribution in [1.29, 1.82) is 0 Å². The van der Waals surface area contributed by atoms with E-state index in [9.17, 15) is 4.79 Å². The van der Waals surface area contributed by atoms with E-state index in [0.29, 0.717) is 24.0 Å². The summed E-state index contributed by atoms with van der Waals surface area (Å²) in [5, 5.41) is 12.1. The molecule has 0 amide bonds. The van der Waals surface area contributed by atoms with Crippen LogP contribution in [0.4, 0.5) is 0 Å². The summed E-state index contributed by atoms with van der Waals surface area (Å²) in [6, 6.07) is 0. The molecule has 2 aromatic rings. The molecule has 0 spiro atoms. The molecule has 0 aromatic carbocycles. The second-order valence-corrected chi connectivity index (χ2v) is 3.08. The second kappa shape index (κ2) is 3.53. The van der Waals surface area contributed by atoms with Crippen LogP contribution in [0.3, 0.4) is 0 Å². The van der Waals surface area contributed by atoms with E-state index >= 15 is 0 Å². The highest BCUT2D eigenvalue weighted by Crippen LogP contribution is 2.01. The van der Waals surface area contributed by atoms with E-state index in [-0.39, 0.29) is 5.56 Å². The van der Waals surface area contributed by atoms with E-state index in [1.54, 1.807) is 7.05 Å². The molecule has 2 aromatic heterocycles. The van der Waals surface area contributed by atoms with Crippen LogP contribution in [0.25, 0.3) is 11.0 Å². The minimum absolute atomic E-state index is 0.205. The third-order valence-electron chi connectivity index (χ3n) is 2.09. The molecule has 0 aliphatic heterocycles. The van der Waals surface area contributed by atoms with Gasteiger partial charge in [-0.15, -0.1) is 17.4 Å². The van der Waals surface area contributed by atoms with Crippen LogP contribution < -0.4 is 5.56 Å². The van der Waals surface area contributed by atoms with Gasteiger partial charge < -0.3 is 0 Å². The predicted octanol–water partition coefficient (Wildman–Crippen LogP) is -0.452. The Labute approximate surface area is 85.5 Å². The van der Waals surface area contributed by atoms with E-state index in [1.807, 2.05) is 0 Å². The van der Waals surface area contributed by atoms with Crippen LogP contribution in [0.2, 0.25) is 0 Å². The SMILES string of the molecule is C#CCCn1nnc2c(cnn2C)c1=O. The fourth-order valence-electron chi connectivity index (χ4n) is 1.29. The van der Waals surface area contributed by atoms with Crippen LogP contribution in [0.5, 0.6) is 0 Å². The minimum Gasteiger partial charge on any atom is -0.267 e. The maximum absolute atomic E-state index is 11.8. The lowest BCUT2D eigenvalue weighted by molar-refractivity contribution is 0.556. The number of hydrogen-bond donors (Lipinski definition) is 0. The van der Waals surface area contributed by atoms with Crippen molar-refractivity contribution in [3.8, 4) is 12.3 Å². The largest absolute Gasteiger partial charge is 0.280 e. The monoisotopic (exact) mass is 203 g/mol. The topological polar surface area (TPSA) is 65.6 Å². The molecule has 2 rings (SSSR count). The van der Waals surface area contributed by atoms with Gasteiger partial charge in [-0.25, -0.2) is 9.36 Å². The lowest BCUT2D eigenvalue weighted by atomic mass is 10.4. The molecule has 0 atom stereocenters. The maximum atomic E-state index is 11.8. The van der Waals surface area contributed by atoms with E-state index in [2.05, 4.69) is 21.3 Å². The van der Waals surface area contributed by atoms with E-state index < -0.39 is 0 Å². The van der Waals surface area contributed by atoms with Crippen molar-refractivity contribution in [2.75, 3.05) is 0 Å². The summed E-state index contributed by atoms with van der Waals surface area (Å²) >= 11 is 0. The summed E-state index contributed by atoms with van der Waals surface area (Å²) in [6.45, 7) is 0.382. The Hall–Kier alpha value is -2.16. The number of hydrogen-bond acceptors (Lipinski definition) is 4. The van der Waals surface area contributed by atoms with Crippen molar-refractivity contribution in [3.63, 3.8) is 0 Å². The molecule has 6 nitrogen and oxygen atoms in total. The molecule has 0 bridgehead atoms. The lowest BCUT2D eigenvalue weighted by Gasteiger charge is -1.99. The normalized spacial score (nSPS) is 10.4. The standard InChI is InChI=1S/C9H9N5O/c1-3-4-5-14-9(15)7-6-10-13(2)8(7)11-12-14/h1,6H,4-5H2,2H3. The molecule has 15 heavy (non-hydrogen) atoms. The van der Waals surface area contributed by atoms with Gasteiger partial charge in [-0.2, -0.15) is 5.10 Å². The number of rotatable bonds is 2. The highest BCUT2D eigenvalue weighted by Gasteiger charge is 2.08. The molecule has 0 aliphatic rings. The molecular weight excluding hydrogens is 194 g/mol. The molecule has 0 fully saturated rings. The summed E-state index contributed by atoms with van der Waals surface area (Å²) in [6.07, 6.45) is 7.06. The summed E-state index contributed by atoms with van der Waals surface area (Å²) < 4.78 is 2.76. The lowest BCUT2D eigenvalue weighted by Crippen LogP contribution is -2.24. The quantitative estimate of drug-likeness (QED) is 0.620. The van der Waals surface area contributed by atoms with Gasteiger partial charge in [-0.3, -0.25) is 4.79 Å². The molecule has 6 heteroatoms. The Morgan fingerprint density at radius 2 is 2.40 bits per heavy atom. The first kappa shape index (κ1) is 9.40. The van der Waals surface area contributed by atoms with E-state index in [0.717, 1.165) is 0 Å². The van der Waals surface area contributed by atoms with Crippen LogP contribution in [0.1, 0.15) is 6.42 Å². The first-order valence-corrected chi connectivity index (χ1v) is 4.43.